The minimum atomic E-state index is 0.367. The molecule has 1 aliphatic carbocycles. The summed E-state index contributed by atoms with van der Waals surface area (Å²) in [6, 6.07) is 10.2. The first-order chi connectivity index (χ1) is 9.61. The van der Waals surface area contributed by atoms with Gasteiger partial charge in [0.1, 0.15) is 0 Å². The Balaban J connectivity index is 2.06. The van der Waals surface area contributed by atoms with Crippen molar-refractivity contribution in [3.8, 4) is 0 Å². The molecule has 2 N–H and O–H groups in total. The summed E-state index contributed by atoms with van der Waals surface area (Å²) in [5.41, 5.74) is 8.85. The van der Waals surface area contributed by atoms with Crippen LogP contribution >= 0.6 is 0 Å². The summed E-state index contributed by atoms with van der Waals surface area (Å²) in [6.07, 6.45) is 6.57. The quantitative estimate of drug-likeness (QED) is 0.856. The molecule has 0 bridgehead atoms. The second kappa shape index (κ2) is 7.24. The number of hydrogen-bond acceptors (Lipinski definition) is 2. The van der Waals surface area contributed by atoms with Crippen LogP contribution in [0.2, 0.25) is 0 Å². The highest BCUT2D eigenvalue weighted by molar-refractivity contribution is 5.26. The van der Waals surface area contributed by atoms with Crippen molar-refractivity contribution < 1.29 is 0 Å². The van der Waals surface area contributed by atoms with Gasteiger partial charge < -0.3 is 5.73 Å². The van der Waals surface area contributed by atoms with Crippen LogP contribution in [0.15, 0.2) is 24.3 Å². The lowest BCUT2D eigenvalue weighted by molar-refractivity contribution is 0.179. The smallest absolute Gasteiger partial charge is 0.0470 e. The third kappa shape index (κ3) is 3.83. The lowest BCUT2D eigenvalue weighted by Crippen LogP contribution is -2.37. The summed E-state index contributed by atoms with van der Waals surface area (Å²) in [5.74, 6) is 0.715. The van der Waals surface area contributed by atoms with Gasteiger partial charge in [0.05, 0.1) is 0 Å². The SMILES string of the molecule is CC(C)Cc1ccc(C(CN)N(C)C2CCCC2)cc1. The Morgan fingerprint density at radius 2 is 1.75 bits per heavy atom. The van der Waals surface area contributed by atoms with Gasteiger partial charge in [-0.15, -0.1) is 0 Å². The van der Waals surface area contributed by atoms with Gasteiger partial charge in [0, 0.05) is 18.6 Å². The molecule has 0 amide bonds. The minimum Gasteiger partial charge on any atom is -0.329 e. The minimum absolute atomic E-state index is 0.367. The molecule has 2 nitrogen and oxygen atoms in total. The first kappa shape index (κ1) is 15.5. The fourth-order valence-corrected chi connectivity index (χ4v) is 3.45. The van der Waals surface area contributed by atoms with E-state index in [-0.39, 0.29) is 0 Å². The fraction of sp³-hybridized carbons (Fsp3) is 0.667. The molecule has 0 spiro atoms. The highest BCUT2D eigenvalue weighted by Gasteiger charge is 2.25. The second-order valence-electron chi connectivity index (χ2n) is 6.69. The molecular weight excluding hydrogens is 244 g/mol. The van der Waals surface area contributed by atoms with E-state index in [9.17, 15) is 0 Å². The van der Waals surface area contributed by atoms with E-state index in [0.717, 1.165) is 12.5 Å². The number of nitrogens with zero attached hydrogens (tertiary/aromatic N) is 1. The summed E-state index contributed by atoms with van der Waals surface area (Å²) in [5, 5.41) is 0. The molecule has 0 aromatic heterocycles. The molecule has 1 aromatic rings. The monoisotopic (exact) mass is 274 g/mol. The number of hydrogen-bond donors (Lipinski definition) is 1. The van der Waals surface area contributed by atoms with Crippen LogP contribution in [0.3, 0.4) is 0 Å². The van der Waals surface area contributed by atoms with Gasteiger partial charge in [0.2, 0.25) is 0 Å². The Morgan fingerprint density at radius 1 is 1.15 bits per heavy atom. The Labute approximate surface area is 124 Å². The van der Waals surface area contributed by atoms with Crippen molar-refractivity contribution in [3.63, 3.8) is 0 Å². The average Bonchev–Trinajstić information content (AvgIpc) is 2.94. The van der Waals surface area contributed by atoms with Gasteiger partial charge in [-0.3, -0.25) is 4.90 Å². The third-order valence-corrected chi connectivity index (χ3v) is 4.62. The van der Waals surface area contributed by atoms with E-state index in [1.807, 2.05) is 0 Å². The van der Waals surface area contributed by atoms with Crippen molar-refractivity contribution in [2.75, 3.05) is 13.6 Å². The van der Waals surface area contributed by atoms with Crippen LogP contribution in [-0.4, -0.2) is 24.5 Å². The number of nitrogens with two attached hydrogens (primary N) is 1. The maximum atomic E-state index is 6.05. The first-order valence-corrected chi connectivity index (χ1v) is 8.12. The van der Waals surface area contributed by atoms with Gasteiger partial charge in [0.15, 0.2) is 0 Å². The van der Waals surface area contributed by atoms with E-state index in [1.165, 1.54) is 36.8 Å². The summed E-state index contributed by atoms with van der Waals surface area (Å²) < 4.78 is 0. The molecule has 0 saturated heterocycles. The molecule has 1 atom stereocenters. The van der Waals surface area contributed by atoms with Crippen LogP contribution < -0.4 is 5.73 Å². The zero-order valence-electron chi connectivity index (χ0n) is 13.3. The van der Waals surface area contributed by atoms with Crippen molar-refractivity contribution in [2.45, 2.75) is 58.0 Å². The largest absolute Gasteiger partial charge is 0.329 e. The van der Waals surface area contributed by atoms with Gasteiger partial charge in [0.25, 0.3) is 0 Å². The van der Waals surface area contributed by atoms with E-state index in [0.29, 0.717) is 18.5 Å². The fourth-order valence-electron chi connectivity index (χ4n) is 3.45. The van der Waals surface area contributed by atoms with E-state index in [1.54, 1.807) is 0 Å². The van der Waals surface area contributed by atoms with Gasteiger partial charge in [-0.05, 0) is 43.4 Å². The molecule has 1 saturated carbocycles. The van der Waals surface area contributed by atoms with Crippen molar-refractivity contribution in [1.82, 2.24) is 4.90 Å². The number of benzene rings is 1. The predicted molar refractivity (Wildman–Crippen MR) is 86.8 cm³/mol. The molecule has 0 heterocycles. The molecular formula is C18H30N2. The maximum absolute atomic E-state index is 6.05. The van der Waals surface area contributed by atoms with E-state index < -0.39 is 0 Å². The number of likely N-dealkylation sites (N-methyl/N-ethyl adjacent to an activating group) is 1. The summed E-state index contributed by atoms with van der Waals surface area (Å²) >= 11 is 0. The van der Waals surface area contributed by atoms with E-state index >= 15 is 0 Å². The van der Waals surface area contributed by atoms with Crippen LogP contribution in [0.5, 0.6) is 0 Å². The molecule has 1 unspecified atom stereocenters. The van der Waals surface area contributed by atoms with Gasteiger partial charge in [-0.25, -0.2) is 0 Å². The molecule has 112 valence electrons. The maximum Gasteiger partial charge on any atom is 0.0470 e. The normalized spacial score (nSPS) is 18.1. The Kier molecular flexibility index (Phi) is 5.62. The second-order valence-corrected chi connectivity index (χ2v) is 6.69. The van der Waals surface area contributed by atoms with Crippen LogP contribution in [0.25, 0.3) is 0 Å². The van der Waals surface area contributed by atoms with Crippen molar-refractivity contribution in [3.05, 3.63) is 35.4 Å². The van der Waals surface area contributed by atoms with Crippen molar-refractivity contribution in [1.29, 1.82) is 0 Å². The zero-order valence-corrected chi connectivity index (χ0v) is 13.3. The Morgan fingerprint density at radius 3 is 2.25 bits per heavy atom. The highest BCUT2D eigenvalue weighted by Crippen LogP contribution is 2.29. The van der Waals surface area contributed by atoms with Crippen LogP contribution in [0, 0.1) is 5.92 Å². The van der Waals surface area contributed by atoms with Gasteiger partial charge in [-0.1, -0.05) is 51.0 Å². The lowest BCUT2D eigenvalue weighted by Gasteiger charge is -2.32. The molecule has 0 aliphatic heterocycles. The summed E-state index contributed by atoms with van der Waals surface area (Å²) in [4.78, 5) is 2.50. The predicted octanol–water partition coefficient (Wildman–Crippen LogP) is 3.76. The molecule has 1 aromatic carbocycles. The van der Waals surface area contributed by atoms with Crippen molar-refractivity contribution >= 4 is 0 Å². The van der Waals surface area contributed by atoms with Gasteiger partial charge >= 0.3 is 0 Å². The highest BCUT2D eigenvalue weighted by atomic mass is 15.2. The number of rotatable bonds is 6. The summed E-state index contributed by atoms with van der Waals surface area (Å²) in [7, 11) is 2.25. The Hall–Kier alpha value is -0.860. The zero-order chi connectivity index (χ0) is 14.5. The van der Waals surface area contributed by atoms with Crippen LogP contribution in [0.4, 0.5) is 0 Å². The molecule has 20 heavy (non-hydrogen) atoms. The molecule has 2 heteroatoms. The van der Waals surface area contributed by atoms with Crippen LogP contribution in [-0.2, 0) is 6.42 Å². The lowest BCUT2D eigenvalue weighted by atomic mass is 9.98. The van der Waals surface area contributed by atoms with Gasteiger partial charge in [-0.2, -0.15) is 0 Å². The van der Waals surface area contributed by atoms with E-state index in [2.05, 4.69) is 50.1 Å². The van der Waals surface area contributed by atoms with E-state index in [4.69, 9.17) is 5.73 Å². The molecule has 2 rings (SSSR count). The van der Waals surface area contributed by atoms with Crippen LogP contribution in [0.1, 0.15) is 56.7 Å². The topological polar surface area (TPSA) is 29.3 Å². The average molecular weight is 274 g/mol. The molecule has 0 radical (unpaired) electrons. The summed E-state index contributed by atoms with van der Waals surface area (Å²) in [6.45, 7) is 5.24. The van der Waals surface area contributed by atoms with Crippen molar-refractivity contribution in [2.24, 2.45) is 11.7 Å². The Bertz CT molecular complexity index is 390. The first-order valence-electron chi connectivity index (χ1n) is 8.12. The molecule has 1 fully saturated rings. The standard InChI is InChI=1S/C18H30N2/c1-14(2)12-15-8-10-16(11-9-15)18(13-19)20(3)17-6-4-5-7-17/h8-11,14,17-18H,4-7,12-13,19H2,1-3H3. The third-order valence-electron chi connectivity index (χ3n) is 4.62. The molecule has 1 aliphatic rings.